The fraction of sp³-hybridized carbons (Fsp3) is 0.765. The quantitative estimate of drug-likeness (QED) is 0.736. The van der Waals surface area contributed by atoms with Gasteiger partial charge < -0.3 is 14.2 Å². The summed E-state index contributed by atoms with van der Waals surface area (Å²) in [6.07, 6.45) is 3.74. The zero-order valence-electron chi connectivity index (χ0n) is 14.7. The molecule has 0 N–H and O–H groups in total. The minimum absolute atomic E-state index is 0.00742. The molecule has 3 fully saturated rings. The zero-order chi connectivity index (χ0) is 17.6. The van der Waals surface area contributed by atoms with Crippen LogP contribution < -0.4 is 0 Å². The Labute approximate surface area is 146 Å². The summed E-state index contributed by atoms with van der Waals surface area (Å²) in [5.74, 6) is 1.50. The summed E-state index contributed by atoms with van der Waals surface area (Å²) in [7, 11) is 0. The molecule has 0 aromatic carbocycles. The fourth-order valence-corrected chi connectivity index (χ4v) is 3.82. The maximum atomic E-state index is 12.2. The normalized spacial score (nSPS) is 29.8. The number of nitrogens with zero attached hydrogens (tertiary/aromatic N) is 4. The molecule has 3 aliphatic rings. The van der Waals surface area contributed by atoms with Crippen LogP contribution in [0.25, 0.3) is 0 Å². The van der Waals surface area contributed by atoms with Crippen molar-refractivity contribution < 1.29 is 18.8 Å². The molecule has 0 spiro atoms. The number of cyclic esters (lactones) is 1. The average Bonchev–Trinajstić information content (AvgIpc) is 2.98. The van der Waals surface area contributed by atoms with Crippen LogP contribution in [-0.2, 0) is 20.9 Å². The molecule has 1 aromatic heterocycles. The van der Waals surface area contributed by atoms with Gasteiger partial charge in [-0.2, -0.15) is 4.98 Å². The van der Waals surface area contributed by atoms with Crippen molar-refractivity contribution in [1.82, 2.24) is 19.9 Å². The molecule has 0 unspecified atom stereocenters. The third-order valence-electron chi connectivity index (χ3n) is 5.35. The van der Waals surface area contributed by atoms with Gasteiger partial charge in [0.15, 0.2) is 5.82 Å². The van der Waals surface area contributed by atoms with Gasteiger partial charge in [-0.3, -0.25) is 14.5 Å². The number of ether oxygens (including phenoxy) is 1. The van der Waals surface area contributed by atoms with Gasteiger partial charge in [-0.25, -0.2) is 0 Å². The molecule has 0 radical (unpaired) electrons. The predicted molar refractivity (Wildman–Crippen MR) is 86.4 cm³/mol. The fourth-order valence-electron chi connectivity index (χ4n) is 3.82. The molecule has 0 bridgehead atoms. The molecular formula is C17H24N4O4. The van der Waals surface area contributed by atoms with Gasteiger partial charge in [0.1, 0.15) is 12.1 Å². The van der Waals surface area contributed by atoms with E-state index in [0.29, 0.717) is 30.7 Å². The van der Waals surface area contributed by atoms with E-state index in [1.165, 1.54) is 0 Å². The molecule has 25 heavy (non-hydrogen) atoms. The number of carbonyl (C=O) groups excluding carboxylic acids is 2. The monoisotopic (exact) mass is 348 g/mol. The third kappa shape index (κ3) is 3.40. The summed E-state index contributed by atoms with van der Waals surface area (Å²) in [6.45, 7) is 5.31. The summed E-state index contributed by atoms with van der Waals surface area (Å²) < 4.78 is 10.6. The minimum Gasteiger partial charge on any atom is -0.461 e. The van der Waals surface area contributed by atoms with Gasteiger partial charge in [0.25, 0.3) is 0 Å². The van der Waals surface area contributed by atoms with Crippen molar-refractivity contribution in [2.75, 3.05) is 13.1 Å². The highest BCUT2D eigenvalue weighted by molar-refractivity contribution is 5.78. The summed E-state index contributed by atoms with van der Waals surface area (Å²) in [6, 6.07) is -0.121. The molecule has 1 aromatic rings. The topological polar surface area (TPSA) is 88.8 Å². The van der Waals surface area contributed by atoms with Gasteiger partial charge in [-0.15, -0.1) is 0 Å². The number of rotatable bonds is 5. The van der Waals surface area contributed by atoms with E-state index in [2.05, 4.69) is 15.0 Å². The van der Waals surface area contributed by atoms with E-state index < -0.39 is 0 Å². The van der Waals surface area contributed by atoms with Crippen LogP contribution in [-0.4, -0.2) is 63.1 Å². The van der Waals surface area contributed by atoms with Crippen molar-refractivity contribution in [3.63, 3.8) is 0 Å². The molecule has 3 atom stereocenters. The van der Waals surface area contributed by atoms with Crippen molar-refractivity contribution in [3.05, 3.63) is 11.7 Å². The average molecular weight is 348 g/mol. The Kier molecular flexibility index (Phi) is 4.23. The minimum atomic E-state index is -0.180. The van der Waals surface area contributed by atoms with E-state index in [0.717, 1.165) is 32.2 Å². The first-order valence-electron chi connectivity index (χ1n) is 9.05. The molecule has 1 aliphatic carbocycles. The molecule has 1 saturated carbocycles. The van der Waals surface area contributed by atoms with Crippen molar-refractivity contribution in [2.45, 2.75) is 70.2 Å². The van der Waals surface area contributed by atoms with Crippen LogP contribution in [0.1, 0.15) is 57.2 Å². The molecule has 2 saturated heterocycles. The highest BCUT2D eigenvalue weighted by Gasteiger charge is 2.41. The van der Waals surface area contributed by atoms with Gasteiger partial charge in [0, 0.05) is 38.4 Å². The van der Waals surface area contributed by atoms with Crippen molar-refractivity contribution in [3.8, 4) is 0 Å². The lowest BCUT2D eigenvalue weighted by Crippen LogP contribution is -2.43. The van der Waals surface area contributed by atoms with Crippen LogP contribution in [0.5, 0.6) is 0 Å². The van der Waals surface area contributed by atoms with Crippen molar-refractivity contribution in [1.29, 1.82) is 0 Å². The molecule has 4 rings (SSSR count). The first-order chi connectivity index (χ1) is 12.0. The van der Waals surface area contributed by atoms with E-state index in [4.69, 9.17) is 9.26 Å². The van der Waals surface area contributed by atoms with Crippen LogP contribution in [0.3, 0.4) is 0 Å². The maximum Gasteiger partial charge on any atom is 0.323 e. The maximum absolute atomic E-state index is 12.2. The van der Waals surface area contributed by atoms with Crippen molar-refractivity contribution >= 4 is 11.9 Å². The lowest BCUT2D eigenvalue weighted by Gasteiger charge is -2.27. The Morgan fingerprint density at radius 3 is 2.80 bits per heavy atom. The lowest BCUT2D eigenvalue weighted by molar-refractivity contribution is -0.144. The summed E-state index contributed by atoms with van der Waals surface area (Å²) >= 11 is 0. The van der Waals surface area contributed by atoms with Gasteiger partial charge in [-0.1, -0.05) is 5.16 Å². The Morgan fingerprint density at radius 1 is 1.36 bits per heavy atom. The van der Waals surface area contributed by atoms with E-state index >= 15 is 0 Å². The van der Waals surface area contributed by atoms with Crippen LogP contribution in [0, 0.1) is 0 Å². The smallest absolute Gasteiger partial charge is 0.323 e. The molecule has 2 aliphatic heterocycles. The van der Waals surface area contributed by atoms with E-state index in [1.54, 1.807) is 11.8 Å². The van der Waals surface area contributed by atoms with Crippen LogP contribution >= 0.6 is 0 Å². The predicted octanol–water partition coefficient (Wildman–Crippen LogP) is 1.07. The Morgan fingerprint density at radius 2 is 2.16 bits per heavy atom. The van der Waals surface area contributed by atoms with Gasteiger partial charge >= 0.3 is 5.97 Å². The SMILES string of the molecule is CC(=O)N(Cc1noc(C2CC2)n1)[C@@H]1CCN([C@@H]2C[C@@H](C)OC2=O)C1. The number of likely N-dealkylation sites (tertiary alicyclic amines) is 1. The highest BCUT2D eigenvalue weighted by Crippen LogP contribution is 2.39. The molecule has 1 amide bonds. The van der Waals surface area contributed by atoms with Crippen LogP contribution in [0.2, 0.25) is 0 Å². The Hall–Kier alpha value is -1.96. The number of hydrogen-bond donors (Lipinski definition) is 0. The second kappa shape index (κ2) is 6.40. The highest BCUT2D eigenvalue weighted by atomic mass is 16.6. The number of esters is 1. The summed E-state index contributed by atoms with van der Waals surface area (Å²) in [5.41, 5.74) is 0. The van der Waals surface area contributed by atoms with Crippen molar-refractivity contribution in [2.24, 2.45) is 0 Å². The number of amides is 1. The standard InChI is InChI=1S/C17H24N4O4/c1-10-7-14(17(23)24-10)20-6-5-13(8-20)21(11(2)22)9-15-18-16(25-19-15)12-3-4-12/h10,12-14H,3-9H2,1-2H3/t10-,13-,14-/m1/s1. The first kappa shape index (κ1) is 16.5. The molecule has 8 heteroatoms. The number of hydrogen-bond acceptors (Lipinski definition) is 7. The molecular weight excluding hydrogens is 324 g/mol. The van der Waals surface area contributed by atoms with Gasteiger partial charge in [-0.05, 0) is 26.2 Å². The Balaban J connectivity index is 1.40. The molecule has 136 valence electrons. The first-order valence-corrected chi connectivity index (χ1v) is 9.05. The summed E-state index contributed by atoms with van der Waals surface area (Å²) in [4.78, 5) is 32.5. The van der Waals surface area contributed by atoms with Gasteiger partial charge in [0.05, 0.1) is 6.54 Å². The number of carbonyl (C=O) groups is 2. The Bertz CT molecular complexity index is 671. The second-order valence-corrected chi connectivity index (χ2v) is 7.41. The molecule has 8 nitrogen and oxygen atoms in total. The molecule has 3 heterocycles. The second-order valence-electron chi connectivity index (χ2n) is 7.41. The zero-order valence-corrected chi connectivity index (χ0v) is 14.7. The number of aromatic nitrogens is 2. The van der Waals surface area contributed by atoms with Crippen LogP contribution in [0.15, 0.2) is 4.52 Å². The lowest BCUT2D eigenvalue weighted by atomic mass is 10.1. The summed E-state index contributed by atoms with van der Waals surface area (Å²) in [5, 5.41) is 4.02. The third-order valence-corrected chi connectivity index (χ3v) is 5.35. The van der Waals surface area contributed by atoms with Crippen LogP contribution in [0.4, 0.5) is 0 Å². The van der Waals surface area contributed by atoms with E-state index in [-0.39, 0.29) is 30.1 Å². The van der Waals surface area contributed by atoms with E-state index in [9.17, 15) is 9.59 Å². The largest absolute Gasteiger partial charge is 0.461 e. The van der Waals surface area contributed by atoms with E-state index in [1.807, 2.05) is 6.92 Å². The van der Waals surface area contributed by atoms with Gasteiger partial charge in [0.2, 0.25) is 11.8 Å².